The molecule has 5 aromatic rings. The third-order valence-electron chi connectivity index (χ3n) is 7.01. The first-order valence-electron chi connectivity index (χ1n) is 15.4. The molecule has 28 nitrogen and oxygen atoms in total. The van der Waals surface area contributed by atoms with E-state index in [1.165, 1.54) is 25.1 Å². The van der Waals surface area contributed by atoms with Gasteiger partial charge in [0.05, 0.1) is 28.3 Å². The molecule has 1 heterocycles. The molecule has 5 rings (SSSR count). The number of phenolic OH excluding ortho intramolecular Hbond substituents is 2. The first kappa shape index (κ1) is 56.1. The Morgan fingerprint density at radius 3 is 2.15 bits per heavy atom. The number of hydrogen-bond donors (Lipinski definition) is 8. The van der Waals surface area contributed by atoms with E-state index < -0.39 is 79.8 Å². The van der Waals surface area contributed by atoms with Crippen molar-refractivity contribution in [2.75, 3.05) is 5.32 Å². The van der Waals surface area contributed by atoms with Crippen molar-refractivity contribution < 1.29 is 111 Å². The van der Waals surface area contributed by atoms with Crippen LogP contribution in [0.3, 0.4) is 0 Å². The van der Waals surface area contributed by atoms with Crippen LogP contribution in [-0.2, 0) is 66.3 Å². The van der Waals surface area contributed by atoms with Crippen LogP contribution in [0.4, 0.5) is 39.2 Å². The number of nitrogens with zero attached hydrogens (tertiary/aromatic N) is 7. The van der Waals surface area contributed by atoms with Gasteiger partial charge in [-0.15, -0.1) is 19.7 Å². The zero-order chi connectivity index (χ0) is 45.6. The van der Waals surface area contributed by atoms with Crippen molar-refractivity contribution in [3.8, 4) is 22.9 Å². The number of phenols is 2. The van der Waals surface area contributed by atoms with Crippen LogP contribution in [0.1, 0.15) is 5.56 Å². The number of carbonyl (C=O) groups is 1. The Labute approximate surface area is 391 Å². The maximum absolute atomic E-state index is 12.8. The molecule has 0 saturated heterocycles. The maximum Gasteiger partial charge on any atom is 0.433 e. The summed E-state index contributed by atoms with van der Waals surface area (Å²) >= 11 is 6.81. The van der Waals surface area contributed by atoms with E-state index in [9.17, 15) is 49.4 Å². The van der Waals surface area contributed by atoms with Crippen molar-refractivity contribution >= 4 is 128 Å². The summed E-state index contributed by atoms with van der Waals surface area (Å²) in [6, 6.07) is 8.92. The van der Waals surface area contributed by atoms with Crippen LogP contribution in [0, 0.1) is 18.3 Å². The quantitative estimate of drug-likeness (QED) is 0.00900. The number of carboxylic acid groups (broad SMARTS) is 1. The number of aromatic hydroxyl groups is 2. The largest absolute Gasteiger partial charge is 0.506 e. The molecule has 0 aliphatic rings. The number of hydrogen-bond acceptors (Lipinski definition) is 25. The van der Waals surface area contributed by atoms with Crippen LogP contribution >= 0.6 is 47.2 Å². The van der Waals surface area contributed by atoms with Crippen LogP contribution in [0.25, 0.3) is 10.8 Å². The van der Waals surface area contributed by atoms with Gasteiger partial charge < -0.3 is 31.6 Å². The average molecular weight is 1090 g/mol. The Morgan fingerprint density at radius 2 is 1.52 bits per heavy atom. The number of fused-ring (bicyclic) bond motifs is 1. The van der Waals surface area contributed by atoms with E-state index in [4.69, 9.17) is 26.5 Å². The fourth-order valence-corrected chi connectivity index (χ4v) is 8.00. The van der Waals surface area contributed by atoms with Crippen LogP contribution in [0.2, 0.25) is 5.28 Å². The molecular weight excluding hydrogens is 1070 g/mol. The summed E-state index contributed by atoms with van der Waals surface area (Å²) in [5, 5.41) is 61.2. The minimum Gasteiger partial charge on any atom is -0.506 e. The number of aromatic nitrogens is 3. The van der Waals surface area contributed by atoms with Crippen LogP contribution in [-0.4, -0.2) is 90.7 Å². The summed E-state index contributed by atoms with van der Waals surface area (Å²) in [5.41, 5.74) is -1.26. The molecule has 12 N–H and O–H groups in total. The topological polar surface area (TPSA) is 461 Å². The van der Waals surface area contributed by atoms with E-state index in [-0.39, 0.29) is 100 Å². The number of aryl methyl sites for hydroxylation is 1. The molecular formula is C29H23ClCuN8O20S6. The second-order valence-corrected chi connectivity index (χ2v) is 17.6. The Balaban J connectivity index is 0.00000484. The van der Waals surface area contributed by atoms with Crippen molar-refractivity contribution in [2.45, 2.75) is 31.7 Å². The van der Waals surface area contributed by atoms with Gasteiger partial charge in [-0.1, -0.05) is 5.04 Å². The van der Waals surface area contributed by atoms with Crippen molar-refractivity contribution in [1.29, 1.82) is 0 Å². The Kier molecular flexibility index (Phi) is 20.2. The molecule has 0 amide bonds. The summed E-state index contributed by atoms with van der Waals surface area (Å²) in [5.74, 6) is -1.81. The molecule has 65 heavy (non-hydrogen) atoms. The summed E-state index contributed by atoms with van der Waals surface area (Å²) in [6.45, 7) is 1.48. The van der Waals surface area contributed by atoms with Crippen LogP contribution < -0.4 is 5.32 Å². The third kappa shape index (κ3) is 15.2. The second kappa shape index (κ2) is 23.4. The van der Waals surface area contributed by atoms with Gasteiger partial charge in [0, 0.05) is 55.8 Å². The molecule has 353 valence electrons. The monoisotopic (exact) mass is 1090 g/mol. The molecule has 0 bridgehead atoms. The van der Waals surface area contributed by atoms with Gasteiger partial charge in [-0.25, -0.2) is 10.1 Å². The van der Waals surface area contributed by atoms with Gasteiger partial charge in [-0.05, 0) is 82.6 Å². The minimum atomic E-state index is -5.19. The normalized spacial score (nSPS) is 11.6. The third-order valence-corrected chi connectivity index (χ3v) is 11.1. The smallest absolute Gasteiger partial charge is 0.433 e. The fourth-order valence-electron chi connectivity index (χ4n) is 4.69. The standard InChI is InChI=1S/C29H19ClN8O18S6.Cu.2H2O/c1-12-8-19(20(39)11-18(12)36-35-16-4-2-13(9-22(16)60(44,45)46)57-7-6-53-56-62(50,51)52)37-38-23-21(59-55-54-43)10-15-14(24(23)40)3-5-17(25(15)61(47,48)49)31-27-32-26(30)33-28(34-27)58-29(41)42;;;/h2-5,8-11,39-40,43H,1H3,(H,41,42)(H,44,45,46)(H,47,48,49)(H,50,51,52)(H,31,32,33,34);;2*1H2. The molecule has 0 aliphatic carbocycles. The zero-order valence-corrected chi connectivity index (χ0v) is 37.6. The zero-order valence-electron chi connectivity index (χ0n) is 31.0. The van der Waals surface area contributed by atoms with E-state index >= 15 is 0 Å². The molecule has 1 aromatic heterocycles. The van der Waals surface area contributed by atoms with E-state index in [1.54, 1.807) is 6.11 Å². The Morgan fingerprint density at radius 1 is 0.846 bits per heavy atom. The molecule has 0 fully saturated rings. The fraction of sp³-hybridized carbons (Fsp3) is 0.0345. The number of thioether (sulfide) groups is 2. The molecule has 36 heteroatoms. The van der Waals surface area contributed by atoms with Gasteiger partial charge in [0.2, 0.25) is 16.4 Å². The van der Waals surface area contributed by atoms with E-state index in [2.05, 4.69) is 64.6 Å². The van der Waals surface area contributed by atoms with E-state index in [1.807, 2.05) is 0 Å². The summed E-state index contributed by atoms with van der Waals surface area (Å²) < 4.78 is 107. The molecule has 0 atom stereocenters. The Bertz CT molecular complexity index is 3090. The van der Waals surface area contributed by atoms with Crippen LogP contribution in [0.5, 0.6) is 11.5 Å². The first-order valence-corrected chi connectivity index (χ1v) is 22.4. The van der Waals surface area contributed by atoms with Crippen molar-refractivity contribution in [3.63, 3.8) is 0 Å². The van der Waals surface area contributed by atoms with E-state index in [0.717, 1.165) is 30.3 Å². The summed E-state index contributed by atoms with van der Waals surface area (Å²) in [6.07, 6.45) is 1.76. The van der Waals surface area contributed by atoms with Crippen LogP contribution in [0.15, 0.2) is 93.7 Å². The molecule has 0 unspecified atom stereocenters. The number of nitrogens with one attached hydrogen (secondary N) is 1. The summed E-state index contributed by atoms with van der Waals surface area (Å²) in [4.78, 5) is 24.5. The van der Waals surface area contributed by atoms with Gasteiger partial charge in [0.25, 0.3) is 20.2 Å². The molecule has 1 radical (unpaired) electrons. The summed E-state index contributed by atoms with van der Waals surface area (Å²) in [7, 11) is -15.1. The van der Waals surface area contributed by atoms with E-state index in [0.29, 0.717) is 11.8 Å². The molecule has 0 spiro atoms. The maximum atomic E-state index is 12.8. The predicted molar refractivity (Wildman–Crippen MR) is 220 cm³/mol. The predicted octanol–water partition coefficient (Wildman–Crippen LogP) is 5.77. The van der Waals surface area contributed by atoms with Crippen molar-refractivity contribution in [1.82, 2.24) is 15.0 Å². The number of halogens is 1. The second-order valence-electron chi connectivity index (χ2n) is 11.0. The van der Waals surface area contributed by atoms with Gasteiger partial charge in [-0.2, -0.15) is 45.3 Å². The minimum absolute atomic E-state index is 0. The van der Waals surface area contributed by atoms with Crippen molar-refractivity contribution in [2.24, 2.45) is 20.5 Å². The molecule has 0 aliphatic heterocycles. The molecule has 4 aromatic carbocycles. The number of benzene rings is 4. The number of azo groups is 2. The van der Waals surface area contributed by atoms with Gasteiger partial charge in [-0.3, -0.25) is 18.5 Å². The first-order chi connectivity index (χ1) is 29.0. The Hall–Kier alpha value is -5.07. The van der Waals surface area contributed by atoms with Gasteiger partial charge in [0.1, 0.15) is 32.6 Å². The molecule has 0 saturated carbocycles. The SMILES string of the molecule is Cc1cc(N=Nc2c(SOOO)cc3c(S(=O)(=O)O)c(Nc4nc(Cl)nc(SC(=O)O)n4)ccc3c2O)c(O)cc1N=Nc1ccc(SC#COOS(=O)(=O)O)cc1S(=O)(=O)O.O.O.[Cu]. The van der Waals surface area contributed by atoms with Gasteiger partial charge in [0.15, 0.2) is 11.9 Å². The van der Waals surface area contributed by atoms with Crippen molar-refractivity contribution in [3.05, 3.63) is 59.4 Å². The van der Waals surface area contributed by atoms with Gasteiger partial charge >= 0.3 is 15.7 Å². The number of rotatable bonds is 15. The average Bonchev–Trinajstić information content (AvgIpc) is 3.15. The number of anilines is 2.